The Bertz CT molecular complexity index is 533. The summed E-state index contributed by atoms with van der Waals surface area (Å²) in [5.74, 6) is 0.671. The van der Waals surface area contributed by atoms with Crippen molar-refractivity contribution >= 4 is 17.2 Å². The Labute approximate surface area is 116 Å². The summed E-state index contributed by atoms with van der Waals surface area (Å²) in [5, 5.41) is 11.8. The molecule has 0 aliphatic carbocycles. The second kappa shape index (κ2) is 5.48. The summed E-state index contributed by atoms with van der Waals surface area (Å²) < 4.78 is 0. The molecule has 19 heavy (non-hydrogen) atoms. The minimum Gasteiger partial charge on any atom is -0.339 e. The number of hydrogen-bond acceptors (Lipinski definition) is 4. The number of aromatic nitrogens is 2. The molecule has 1 fully saturated rings. The summed E-state index contributed by atoms with van der Waals surface area (Å²) in [6.45, 7) is 1.64. The van der Waals surface area contributed by atoms with E-state index in [1.807, 2.05) is 4.90 Å². The fourth-order valence-corrected chi connectivity index (χ4v) is 3.27. The number of nitrogens with zero attached hydrogens (tertiary/aromatic N) is 3. The van der Waals surface area contributed by atoms with E-state index in [0.717, 1.165) is 25.9 Å². The summed E-state index contributed by atoms with van der Waals surface area (Å²) in [4.78, 5) is 14.2. The predicted octanol–water partition coefficient (Wildman–Crippen LogP) is 2.56. The lowest BCUT2D eigenvalue weighted by Gasteiger charge is -2.31. The van der Waals surface area contributed by atoms with Gasteiger partial charge in [-0.3, -0.25) is 4.79 Å². The molecule has 1 aliphatic rings. The van der Waals surface area contributed by atoms with E-state index in [1.54, 1.807) is 23.6 Å². The van der Waals surface area contributed by atoms with Gasteiger partial charge in [-0.2, -0.15) is 21.5 Å². The second-order valence-corrected chi connectivity index (χ2v) is 5.53. The van der Waals surface area contributed by atoms with Gasteiger partial charge in [0.2, 0.25) is 0 Å². The molecule has 2 aromatic rings. The molecule has 0 spiro atoms. The van der Waals surface area contributed by atoms with E-state index < -0.39 is 0 Å². The van der Waals surface area contributed by atoms with Gasteiger partial charge in [-0.1, -0.05) is 0 Å². The first kappa shape index (κ1) is 12.3. The lowest BCUT2D eigenvalue weighted by atomic mass is 9.91. The van der Waals surface area contributed by atoms with Crippen molar-refractivity contribution < 1.29 is 4.79 Å². The number of thiophene rings is 1. The first-order valence-electron chi connectivity index (χ1n) is 6.42. The Morgan fingerprint density at radius 3 is 2.74 bits per heavy atom. The van der Waals surface area contributed by atoms with E-state index in [-0.39, 0.29) is 5.91 Å². The number of likely N-dealkylation sites (tertiary alicyclic amines) is 1. The zero-order valence-corrected chi connectivity index (χ0v) is 11.3. The van der Waals surface area contributed by atoms with Crippen LogP contribution in [0.2, 0.25) is 0 Å². The highest BCUT2D eigenvalue weighted by Gasteiger charge is 2.24. The largest absolute Gasteiger partial charge is 0.339 e. The topological polar surface area (TPSA) is 46.1 Å². The third-order valence-electron chi connectivity index (χ3n) is 3.63. The van der Waals surface area contributed by atoms with E-state index in [0.29, 0.717) is 11.5 Å². The van der Waals surface area contributed by atoms with Crippen LogP contribution in [-0.2, 0) is 0 Å². The quantitative estimate of drug-likeness (QED) is 0.844. The highest BCUT2D eigenvalue weighted by atomic mass is 32.1. The molecule has 4 nitrogen and oxygen atoms in total. The summed E-state index contributed by atoms with van der Waals surface area (Å²) in [6.07, 6.45) is 5.18. The maximum absolute atomic E-state index is 12.3. The number of carbonyl (C=O) groups is 1. The van der Waals surface area contributed by atoms with E-state index in [9.17, 15) is 4.79 Å². The van der Waals surface area contributed by atoms with Crippen molar-refractivity contribution in [2.75, 3.05) is 13.1 Å². The van der Waals surface area contributed by atoms with Crippen LogP contribution < -0.4 is 0 Å². The van der Waals surface area contributed by atoms with Gasteiger partial charge < -0.3 is 4.90 Å². The zero-order valence-electron chi connectivity index (χ0n) is 10.5. The van der Waals surface area contributed by atoms with Gasteiger partial charge in [0.05, 0.1) is 18.0 Å². The van der Waals surface area contributed by atoms with Crippen molar-refractivity contribution in [1.82, 2.24) is 15.1 Å². The first-order valence-corrected chi connectivity index (χ1v) is 7.37. The van der Waals surface area contributed by atoms with E-state index >= 15 is 0 Å². The number of carbonyl (C=O) groups excluding carboxylic acids is 1. The average Bonchev–Trinajstić information content (AvgIpc) is 3.02. The predicted molar refractivity (Wildman–Crippen MR) is 74.2 cm³/mol. The van der Waals surface area contributed by atoms with Gasteiger partial charge in [0, 0.05) is 13.1 Å². The fraction of sp³-hybridized carbons (Fsp3) is 0.357. The average molecular weight is 273 g/mol. The molecule has 5 heteroatoms. The van der Waals surface area contributed by atoms with Crippen molar-refractivity contribution in [3.8, 4) is 0 Å². The Morgan fingerprint density at radius 1 is 1.26 bits per heavy atom. The van der Waals surface area contributed by atoms with Crippen LogP contribution in [0.3, 0.4) is 0 Å². The molecule has 0 unspecified atom stereocenters. The molecule has 0 radical (unpaired) electrons. The van der Waals surface area contributed by atoms with Crippen LogP contribution in [0, 0.1) is 0 Å². The fourth-order valence-electron chi connectivity index (χ4n) is 2.52. The molecule has 98 valence electrons. The van der Waals surface area contributed by atoms with Crippen LogP contribution in [-0.4, -0.2) is 34.1 Å². The second-order valence-electron chi connectivity index (χ2n) is 4.75. The van der Waals surface area contributed by atoms with Gasteiger partial charge in [-0.15, -0.1) is 0 Å². The highest BCUT2D eigenvalue weighted by molar-refractivity contribution is 7.07. The number of hydrogen-bond donors (Lipinski definition) is 0. The Balaban J connectivity index is 1.63. The molecule has 3 heterocycles. The van der Waals surface area contributed by atoms with Gasteiger partial charge in [0.15, 0.2) is 0 Å². The zero-order chi connectivity index (χ0) is 13.1. The van der Waals surface area contributed by atoms with Crippen LogP contribution >= 0.6 is 11.3 Å². The van der Waals surface area contributed by atoms with E-state index in [2.05, 4.69) is 27.0 Å². The Morgan fingerprint density at radius 2 is 2.11 bits per heavy atom. The molecule has 1 saturated heterocycles. The van der Waals surface area contributed by atoms with Crippen LogP contribution in [0.5, 0.6) is 0 Å². The van der Waals surface area contributed by atoms with Crippen LogP contribution in [0.1, 0.15) is 34.7 Å². The first-order chi connectivity index (χ1) is 9.34. The third-order valence-corrected chi connectivity index (χ3v) is 4.33. The third kappa shape index (κ3) is 2.66. The summed E-state index contributed by atoms with van der Waals surface area (Å²) in [5.41, 5.74) is 2.05. The molecular formula is C14H15N3OS. The summed E-state index contributed by atoms with van der Waals surface area (Å²) in [7, 11) is 0. The van der Waals surface area contributed by atoms with Crippen molar-refractivity contribution in [2.45, 2.75) is 18.8 Å². The van der Waals surface area contributed by atoms with Crippen molar-refractivity contribution in [2.24, 2.45) is 0 Å². The Kier molecular flexibility index (Phi) is 3.55. The lowest BCUT2D eigenvalue weighted by molar-refractivity contribution is 0.0712. The maximum Gasteiger partial charge on any atom is 0.255 e. The van der Waals surface area contributed by atoms with E-state index in [4.69, 9.17) is 0 Å². The van der Waals surface area contributed by atoms with E-state index in [1.165, 1.54) is 11.8 Å². The molecule has 1 amide bonds. The molecule has 1 aliphatic heterocycles. The molecule has 2 aromatic heterocycles. The van der Waals surface area contributed by atoms with Crippen LogP contribution in [0.25, 0.3) is 0 Å². The number of amides is 1. The molecule has 0 N–H and O–H groups in total. The molecule has 0 bridgehead atoms. The van der Waals surface area contributed by atoms with Crippen molar-refractivity contribution in [3.05, 3.63) is 46.4 Å². The van der Waals surface area contributed by atoms with Crippen molar-refractivity contribution in [3.63, 3.8) is 0 Å². The van der Waals surface area contributed by atoms with Gasteiger partial charge in [-0.05, 0) is 47.2 Å². The SMILES string of the molecule is O=C(c1ccnnc1)N1CCC(c2ccsc2)CC1. The molecular weight excluding hydrogens is 258 g/mol. The number of piperidine rings is 1. The summed E-state index contributed by atoms with van der Waals surface area (Å²) in [6, 6.07) is 3.92. The molecule has 0 atom stereocenters. The molecule has 0 aromatic carbocycles. The van der Waals surface area contributed by atoms with Crippen molar-refractivity contribution in [1.29, 1.82) is 0 Å². The van der Waals surface area contributed by atoms with Gasteiger partial charge in [-0.25, -0.2) is 0 Å². The van der Waals surface area contributed by atoms with Gasteiger partial charge in [0.1, 0.15) is 0 Å². The monoisotopic (exact) mass is 273 g/mol. The minimum absolute atomic E-state index is 0.0682. The minimum atomic E-state index is 0.0682. The van der Waals surface area contributed by atoms with Gasteiger partial charge >= 0.3 is 0 Å². The maximum atomic E-state index is 12.3. The van der Waals surface area contributed by atoms with Crippen LogP contribution in [0.4, 0.5) is 0 Å². The molecule has 0 saturated carbocycles. The smallest absolute Gasteiger partial charge is 0.255 e. The lowest BCUT2D eigenvalue weighted by Crippen LogP contribution is -2.37. The molecule has 3 rings (SSSR count). The van der Waals surface area contributed by atoms with Gasteiger partial charge in [0.25, 0.3) is 5.91 Å². The summed E-state index contributed by atoms with van der Waals surface area (Å²) >= 11 is 1.74. The Hall–Kier alpha value is -1.75. The normalized spacial score (nSPS) is 16.5. The standard InChI is InChI=1S/C14H15N3OS/c18-14(12-1-5-15-16-9-12)17-6-2-11(3-7-17)13-4-8-19-10-13/h1,4-5,8-11H,2-3,6-7H2. The van der Waals surface area contributed by atoms with Crippen LogP contribution in [0.15, 0.2) is 35.3 Å². The number of rotatable bonds is 2. The highest BCUT2D eigenvalue weighted by Crippen LogP contribution is 2.29.